The topological polar surface area (TPSA) is 41.6 Å². The minimum atomic E-state index is 0.921. The lowest BCUT2D eigenvalue weighted by atomic mass is 10.2. The van der Waals surface area contributed by atoms with Gasteiger partial charge in [-0.15, -0.1) is 0 Å². The number of nitrogens with zero attached hydrogens (tertiary/aromatic N) is 2. The van der Waals surface area contributed by atoms with Crippen LogP contribution >= 0.6 is 22.6 Å². The number of pyridine rings is 1. The van der Waals surface area contributed by atoms with Gasteiger partial charge in [0.05, 0.1) is 9.26 Å². The molecule has 2 aromatic heterocycles. The van der Waals surface area contributed by atoms with Gasteiger partial charge in [-0.3, -0.25) is 10.1 Å². The van der Waals surface area contributed by atoms with Crippen molar-refractivity contribution in [2.75, 3.05) is 0 Å². The van der Waals surface area contributed by atoms with Crippen molar-refractivity contribution in [3.8, 4) is 11.4 Å². The predicted molar refractivity (Wildman–Crippen MR) is 59.3 cm³/mol. The Morgan fingerprint density at radius 1 is 1.38 bits per heavy atom. The monoisotopic (exact) mass is 285 g/mol. The molecule has 0 atom stereocenters. The molecule has 2 rings (SSSR count). The van der Waals surface area contributed by atoms with Crippen LogP contribution in [0.5, 0.6) is 0 Å². The van der Waals surface area contributed by atoms with E-state index >= 15 is 0 Å². The second-order valence-electron chi connectivity index (χ2n) is 2.75. The summed E-state index contributed by atoms with van der Waals surface area (Å²) in [6, 6.07) is 5.93. The Hall–Kier alpha value is -0.910. The van der Waals surface area contributed by atoms with Crippen molar-refractivity contribution in [1.29, 1.82) is 0 Å². The minimum absolute atomic E-state index is 0.921. The summed E-state index contributed by atoms with van der Waals surface area (Å²) >= 11 is 2.24. The Bertz CT molecular complexity index is 422. The summed E-state index contributed by atoms with van der Waals surface area (Å²) in [5, 5.41) is 6.95. The summed E-state index contributed by atoms with van der Waals surface area (Å²) in [5.74, 6) is 0. The molecule has 0 aliphatic rings. The standard InChI is InChI=1S/C9H8IN3/c1-6-3-2-4-8(12-6)9-7(10)5-11-13-9/h2-5H,1H3,(H,11,13). The smallest absolute Gasteiger partial charge is 0.124 e. The molecule has 0 aliphatic heterocycles. The number of rotatable bonds is 1. The molecule has 66 valence electrons. The van der Waals surface area contributed by atoms with Crippen molar-refractivity contribution in [2.24, 2.45) is 0 Å². The zero-order valence-corrected chi connectivity index (χ0v) is 9.24. The molecular weight excluding hydrogens is 277 g/mol. The second kappa shape index (κ2) is 3.45. The molecular formula is C9H8IN3. The third kappa shape index (κ3) is 1.72. The summed E-state index contributed by atoms with van der Waals surface area (Å²) in [7, 11) is 0. The molecule has 0 spiro atoms. The summed E-state index contributed by atoms with van der Waals surface area (Å²) in [6.45, 7) is 1.98. The van der Waals surface area contributed by atoms with Gasteiger partial charge in [0.15, 0.2) is 0 Å². The molecule has 0 radical (unpaired) electrons. The lowest BCUT2D eigenvalue weighted by Gasteiger charge is -1.97. The van der Waals surface area contributed by atoms with Crippen LogP contribution < -0.4 is 0 Å². The zero-order valence-electron chi connectivity index (χ0n) is 7.08. The van der Waals surface area contributed by atoms with E-state index in [1.54, 1.807) is 0 Å². The molecule has 13 heavy (non-hydrogen) atoms. The van der Waals surface area contributed by atoms with Gasteiger partial charge in [-0.05, 0) is 41.6 Å². The van der Waals surface area contributed by atoms with Gasteiger partial charge in [0.1, 0.15) is 5.69 Å². The van der Waals surface area contributed by atoms with Crippen LogP contribution in [-0.2, 0) is 0 Å². The van der Waals surface area contributed by atoms with Crippen LogP contribution in [0.4, 0.5) is 0 Å². The predicted octanol–water partition coefficient (Wildman–Crippen LogP) is 2.38. The quantitative estimate of drug-likeness (QED) is 0.817. The normalized spacial score (nSPS) is 10.3. The van der Waals surface area contributed by atoms with E-state index in [0.717, 1.165) is 20.7 Å². The van der Waals surface area contributed by atoms with Gasteiger partial charge in [0.2, 0.25) is 0 Å². The SMILES string of the molecule is Cc1cccc(-c2n[nH]cc2I)n1. The number of hydrogen-bond donors (Lipinski definition) is 1. The van der Waals surface area contributed by atoms with E-state index in [4.69, 9.17) is 0 Å². The van der Waals surface area contributed by atoms with Crippen LogP contribution in [0.2, 0.25) is 0 Å². The van der Waals surface area contributed by atoms with Crippen LogP contribution in [0.25, 0.3) is 11.4 Å². The van der Waals surface area contributed by atoms with Crippen LogP contribution in [0, 0.1) is 10.5 Å². The van der Waals surface area contributed by atoms with E-state index in [1.807, 2.05) is 31.3 Å². The molecule has 0 unspecified atom stereocenters. The molecule has 0 saturated heterocycles. The second-order valence-corrected chi connectivity index (χ2v) is 3.91. The van der Waals surface area contributed by atoms with Crippen LogP contribution in [-0.4, -0.2) is 15.2 Å². The van der Waals surface area contributed by atoms with Crippen molar-refractivity contribution < 1.29 is 0 Å². The maximum Gasteiger partial charge on any atom is 0.124 e. The molecule has 0 amide bonds. The molecule has 1 N–H and O–H groups in total. The Balaban J connectivity index is 2.53. The number of nitrogens with one attached hydrogen (secondary N) is 1. The number of H-pyrrole nitrogens is 1. The zero-order chi connectivity index (χ0) is 9.26. The average molecular weight is 285 g/mol. The van der Waals surface area contributed by atoms with Crippen LogP contribution in [0.3, 0.4) is 0 Å². The Labute approximate surface area is 89.7 Å². The van der Waals surface area contributed by atoms with E-state index in [9.17, 15) is 0 Å². The highest BCUT2D eigenvalue weighted by Crippen LogP contribution is 2.20. The van der Waals surface area contributed by atoms with Crippen molar-refractivity contribution in [2.45, 2.75) is 6.92 Å². The van der Waals surface area contributed by atoms with Crippen molar-refractivity contribution >= 4 is 22.6 Å². The van der Waals surface area contributed by atoms with Gasteiger partial charge >= 0.3 is 0 Å². The fraction of sp³-hybridized carbons (Fsp3) is 0.111. The first-order valence-corrected chi connectivity index (χ1v) is 4.98. The molecule has 3 nitrogen and oxygen atoms in total. The molecule has 0 bridgehead atoms. The van der Waals surface area contributed by atoms with Gasteiger partial charge in [0.25, 0.3) is 0 Å². The maximum atomic E-state index is 4.39. The third-order valence-corrected chi connectivity index (χ3v) is 2.55. The third-order valence-electron chi connectivity index (χ3n) is 1.72. The van der Waals surface area contributed by atoms with Crippen molar-refractivity contribution in [3.05, 3.63) is 33.7 Å². The van der Waals surface area contributed by atoms with E-state index in [1.165, 1.54) is 0 Å². The summed E-state index contributed by atoms with van der Waals surface area (Å²) < 4.78 is 1.09. The number of hydrogen-bond acceptors (Lipinski definition) is 2. The first-order valence-electron chi connectivity index (χ1n) is 3.90. The van der Waals surface area contributed by atoms with Crippen LogP contribution in [0.1, 0.15) is 5.69 Å². The molecule has 4 heteroatoms. The molecule has 0 aromatic carbocycles. The lowest BCUT2D eigenvalue weighted by molar-refractivity contribution is 1.08. The Morgan fingerprint density at radius 3 is 2.85 bits per heavy atom. The average Bonchev–Trinajstić information content (AvgIpc) is 2.51. The van der Waals surface area contributed by atoms with Gasteiger partial charge < -0.3 is 0 Å². The van der Waals surface area contributed by atoms with Gasteiger partial charge in [0, 0.05) is 11.9 Å². The highest BCUT2D eigenvalue weighted by Gasteiger charge is 2.06. The largest absolute Gasteiger partial charge is 0.284 e. The van der Waals surface area contributed by atoms with Gasteiger partial charge in [-0.25, -0.2) is 0 Å². The summed E-state index contributed by atoms with van der Waals surface area (Å²) in [5.41, 5.74) is 2.85. The maximum absolute atomic E-state index is 4.39. The fourth-order valence-electron chi connectivity index (χ4n) is 1.13. The van der Waals surface area contributed by atoms with E-state index in [2.05, 4.69) is 37.8 Å². The van der Waals surface area contributed by atoms with E-state index in [0.29, 0.717) is 0 Å². The first-order chi connectivity index (χ1) is 6.27. The van der Waals surface area contributed by atoms with Gasteiger partial charge in [-0.1, -0.05) is 6.07 Å². The highest BCUT2D eigenvalue weighted by molar-refractivity contribution is 14.1. The Morgan fingerprint density at radius 2 is 2.23 bits per heavy atom. The van der Waals surface area contributed by atoms with E-state index in [-0.39, 0.29) is 0 Å². The minimum Gasteiger partial charge on any atom is -0.284 e. The van der Waals surface area contributed by atoms with E-state index < -0.39 is 0 Å². The molecule has 0 saturated carbocycles. The molecule has 0 fully saturated rings. The number of aromatic nitrogens is 3. The number of aromatic amines is 1. The van der Waals surface area contributed by atoms with Crippen molar-refractivity contribution in [1.82, 2.24) is 15.2 Å². The number of halogens is 1. The fourth-order valence-corrected chi connectivity index (χ4v) is 1.67. The molecule has 2 heterocycles. The molecule has 0 aliphatic carbocycles. The molecule has 2 aromatic rings. The summed E-state index contributed by atoms with van der Waals surface area (Å²) in [6.07, 6.45) is 1.86. The Kier molecular flexibility index (Phi) is 2.30. The summed E-state index contributed by atoms with van der Waals surface area (Å²) in [4.78, 5) is 4.39. The van der Waals surface area contributed by atoms with Crippen molar-refractivity contribution in [3.63, 3.8) is 0 Å². The number of aryl methyl sites for hydroxylation is 1. The lowest BCUT2D eigenvalue weighted by Crippen LogP contribution is -1.87. The van der Waals surface area contributed by atoms with Gasteiger partial charge in [-0.2, -0.15) is 5.10 Å². The van der Waals surface area contributed by atoms with Crippen LogP contribution in [0.15, 0.2) is 24.4 Å². The first kappa shape index (κ1) is 8.68. The highest BCUT2D eigenvalue weighted by atomic mass is 127.